The van der Waals surface area contributed by atoms with E-state index in [-0.39, 0.29) is 50.1 Å². The topological polar surface area (TPSA) is 146 Å². The molecule has 42 heavy (non-hydrogen) atoms. The van der Waals surface area contributed by atoms with Crippen molar-refractivity contribution < 1.29 is 73.8 Å². The van der Waals surface area contributed by atoms with Gasteiger partial charge < -0.3 is 64.2 Å². The Morgan fingerprint density at radius 3 is 1.60 bits per heavy atom. The number of benzene rings is 3. The van der Waals surface area contributed by atoms with Crippen molar-refractivity contribution in [2.24, 2.45) is 11.8 Å². The van der Waals surface area contributed by atoms with Crippen molar-refractivity contribution in [3.63, 3.8) is 0 Å². The van der Waals surface area contributed by atoms with E-state index in [2.05, 4.69) is 41.0 Å². The van der Waals surface area contributed by atoms with E-state index in [0.717, 1.165) is 48.3 Å². The Morgan fingerprint density at radius 1 is 0.667 bits per heavy atom. The van der Waals surface area contributed by atoms with Crippen LogP contribution < -0.4 is 54.0 Å². The molecule has 0 aliphatic rings. The zero-order valence-corrected chi connectivity index (χ0v) is 26.2. The van der Waals surface area contributed by atoms with Crippen LogP contribution in [0.2, 0.25) is 0 Å². The van der Waals surface area contributed by atoms with Crippen molar-refractivity contribution in [1.82, 2.24) is 0 Å². The molecule has 0 fully saturated rings. The molecule has 10 N–H and O–H groups in total. The van der Waals surface area contributed by atoms with Crippen LogP contribution in [0.4, 0.5) is 0 Å². The van der Waals surface area contributed by atoms with E-state index < -0.39 is 23.8 Å². The van der Waals surface area contributed by atoms with E-state index in [1.54, 1.807) is 0 Å². The smallest absolute Gasteiger partial charge is 0.307 e. The largest absolute Gasteiger partial charge is 1.00 e. The molecule has 0 saturated heterocycles. The number of hydrogen-bond donors (Lipinski definition) is 5. The highest BCUT2D eigenvalue weighted by molar-refractivity contribution is 5.80. The first-order valence-corrected chi connectivity index (χ1v) is 14.0. The number of halogens is 3. The van der Waals surface area contributed by atoms with Gasteiger partial charge >= 0.3 is 11.9 Å². The molecule has 3 aromatic rings. The fourth-order valence-electron chi connectivity index (χ4n) is 4.99. The predicted molar refractivity (Wildman–Crippen MR) is 151 cm³/mol. The van der Waals surface area contributed by atoms with Gasteiger partial charge in [-0.1, -0.05) is 78.9 Å². The molecule has 3 rings (SSSR count). The maximum Gasteiger partial charge on any atom is 0.307 e. The SMILES string of the molecule is [Cl-].[Cl-].[Cl-].[NH3+]CCCC([NH3+])CCC[NH2+]Cc1ccc(-c2ccc(C[C@H](C(=O)O)[C@H](Cc3ccccc3)C(=O)O)cc2)cc1. The fourth-order valence-corrected chi connectivity index (χ4v) is 4.99. The summed E-state index contributed by atoms with van der Waals surface area (Å²) in [7, 11) is 0. The average molecular weight is 641 g/mol. The van der Waals surface area contributed by atoms with Crippen LogP contribution in [0, 0.1) is 11.8 Å². The van der Waals surface area contributed by atoms with Gasteiger partial charge in [-0.25, -0.2) is 0 Å². The molecule has 7 nitrogen and oxygen atoms in total. The van der Waals surface area contributed by atoms with Crippen LogP contribution in [0.15, 0.2) is 78.9 Å². The van der Waals surface area contributed by atoms with Gasteiger partial charge in [0.15, 0.2) is 0 Å². The molecule has 1 unspecified atom stereocenters. The molecule has 232 valence electrons. The van der Waals surface area contributed by atoms with Gasteiger partial charge in [0.2, 0.25) is 0 Å². The van der Waals surface area contributed by atoms with Crippen LogP contribution >= 0.6 is 0 Å². The van der Waals surface area contributed by atoms with Crippen LogP contribution in [0.1, 0.15) is 42.4 Å². The molecule has 0 saturated carbocycles. The van der Waals surface area contributed by atoms with Gasteiger partial charge in [-0.05, 0) is 35.1 Å². The predicted octanol–water partition coefficient (Wildman–Crippen LogP) is -6.97. The summed E-state index contributed by atoms with van der Waals surface area (Å²) in [5, 5.41) is 22.0. The highest BCUT2D eigenvalue weighted by Gasteiger charge is 2.34. The molecule has 0 radical (unpaired) electrons. The summed E-state index contributed by atoms with van der Waals surface area (Å²) in [5.74, 6) is -4.20. The molecule has 0 spiro atoms. The van der Waals surface area contributed by atoms with Gasteiger partial charge in [-0.2, -0.15) is 0 Å². The van der Waals surface area contributed by atoms with E-state index in [1.807, 2.05) is 54.6 Å². The van der Waals surface area contributed by atoms with Crippen molar-refractivity contribution in [3.8, 4) is 11.1 Å². The third-order valence-corrected chi connectivity index (χ3v) is 7.38. The Kier molecular flexibility index (Phi) is 19.8. The molecule has 0 heterocycles. The minimum Gasteiger partial charge on any atom is -1.00 e. The number of carboxylic acid groups (broad SMARTS) is 2. The second-order valence-electron chi connectivity index (χ2n) is 10.5. The quantitative estimate of drug-likeness (QED) is 0.0934. The monoisotopic (exact) mass is 639 g/mol. The molecular weight excluding hydrogens is 597 g/mol. The van der Waals surface area contributed by atoms with Gasteiger partial charge in [-0.15, -0.1) is 0 Å². The lowest BCUT2D eigenvalue weighted by atomic mass is 9.82. The Balaban J connectivity index is 0.00000560. The molecule has 0 aliphatic carbocycles. The molecule has 3 aromatic carbocycles. The van der Waals surface area contributed by atoms with Crippen LogP contribution in [0.25, 0.3) is 11.1 Å². The number of carbonyl (C=O) groups is 2. The first-order valence-electron chi connectivity index (χ1n) is 14.0. The van der Waals surface area contributed by atoms with Crippen LogP contribution in [-0.2, 0) is 29.0 Å². The average Bonchev–Trinajstić information content (AvgIpc) is 2.94. The summed E-state index contributed by atoms with van der Waals surface area (Å²) in [5.41, 5.74) is 13.2. The molecule has 0 amide bonds. The number of nitrogens with two attached hydrogens (primary N) is 1. The first kappa shape index (κ1) is 39.4. The molecular formula is C32H44Cl3N3O4. The summed E-state index contributed by atoms with van der Waals surface area (Å²) in [4.78, 5) is 24.1. The molecule has 3 atom stereocenters. The Hall–Kier alpha value is -2.65. The van der Waals surface area contributed by atoms with Gasteiger partial charge in [-0.3, -0.25) is 9.59 Å². The Bertz CT molecular complexity index is 1170. The van der Waals surface area contributed by atoms with E-state index in [4.69, 9.17) is 0 Å². The second-order valence-corrected chi connectivity index (χ2v) is 10.5. The maximum absolute atomic E-state index is 12.1. The third-order valence-electron chi connectivity index (χ3n) is 7.38. The summed E-state index contributed by atoms with van der Waals surface area (Å²) < 4.78 is 0. The summed E-state index contributed by atoms with van der Waals surface area (Å²) in [6.45, 7) is 3.04. The van der Waals surface area contributed by atoms with Crippen LogP contribution in [-0.4, -0.2) is 41.3 Å². The standard InChI is InChI=1S/C32H41N3O4.3ClH/c33-18-4-8-28(34)9-5-19-35-22-25-12-16-27(17-13-25)26-14-10-24(11-15-26)21-30(32(38)39)29(31(36)37)20-23-6-2-1-3-7-23;;;/h1-3,6-7,10-17,28-30,35H,4-5,8-9,18-22,33-34H2,(H,36,37)(H,38,39);3*1H/t28?,29-,30-;;;/m0.../s1. The summed E-state index contributed by atoms with van der Waals surface area (Å²) in [6.07, 6.45) is 5.03. The van der Waals surface area contributed by atoms with Gasteiger partial charge in [0.25, 0.3) is 0 Å². The van der Waals surface area contributed by atoms with E-state index in [0.29, 0.717) is 6.04 Å². The van der Waals surface area contributed by atoms with Crippen molar-refractivity contribution in [3.05, 3.63) is 95.6 Å². The molecule has 0 bridgehead atoms. The zero-order valence-electron chi connectivity index (χ0n) is 23.9. The van der Waals surface area contributed by atoms with Crippen LogP contribution in [0.3, 0.4) is 0 Å². The highest BCUT2D eigenvalue weighted by Crippen LogP contribution is 2.25. The summed E-state index contributed by atoms with van der Waals surface area (Å²) >= 11 is 0. The minimum atomic E-state index is -1.09. The first-order chi connectivity index (χ1) is 18.9. The molecule has 0 aliphatic heterocycles. The maximum atomic E-state index is 12.1. The lowest BCUT2D eigenvalue weighted by Crippen LogP contribution is -3.00. The van der Waals surface area contributed by atoms with E-state index in [1.165, 1.54) is 24.8 Å². The fraction of sp³-hybridized carbons (Fsp3) is 0.375. The Labute approximate surface area is 267 Å². The third kappa shape index (κ3) is 13.1. The van der Waals surface area contributed by atoms with Gasteiger partial charge in [0.1, 0.15) is 6.54 Å². The highest BCUT2D eigenvalue weighted by atomic mass is 35.5. The number of quaternary nitrogens is 3. The minimum absolute atomic E-state index is 0. The number of hydrogen-bond acceptors (Lipinski definition) is 2. The van der Waals surface area contributed by atoms with E-state index >= 15 is 0 Å². The van der Waals surface area contributed by atoms with Crippen molar-refractivity contribution in [2.75, 3.05) is 13.1 Å². The Morgan fingerprint density at radius 2 is 1.12 bits per heavy atom. The zero-order chi connectivity index (χ0) is 28.0. The van der Waals surface area contributed by atoms with Crippen LogP contribution in [0.5, 0.6) is 0 Å². The molecule has 10 heteroatoms. The second kappa shape index (κ2) is 21.1. The number of rotatable bonds is 17. The lowest BCUT2D eigenvalue weighted by Gasteiger charge is -2.21. The van der Waals surface area contributed by atoms with Crippen molar-refractivity contribution in [1.29, 1.82) is 0 Å². The number of carboxylic acids is 2. The van der Waals surface area contributed by atoms with Gasteiger partial charge in [0.05, 0.1) is 31.0 Å². The normalized spacial score (nSPS) is 12.5. The molecule has 0 aromatic heterocycles. The summed E-state index contributed by atoms with van der Waals surface area (Å²) in [6, 6.07) is 26.0. The lowest BCUT2D eigenvalue weighted by molar-refractivity contribution is -0.671. The van der Waals surface area contributed by atoms with Gasteiger partial charge in [0, 0.05) is 31.2 Å². The van der Waals surface area contributed by atoms with E-state index in [9.17, 15) is 19.8 Å². The van der Waals surface area contributed by atoms with Crippen molar-refractivity contribution >= 4 is 11.9 Å². The van der Waals surface area contributed by atoms with Crippen molar-refractivity contribution in [2.45, 2.75) is 51.1 Å². The number of aliphatic carboxylic acids is 2.